The molecule has 0 aromatic carbocycles. The summed E-state index contributed by atoms with van der Waals surface area (Å²) in [6.07, 6.45) is 6.58. The van der Waals surface area contributed by atoms with Crippen LogP contribution in [0.25, 0.3) is 0 Å². The van der Waals surface area contributed by atoms with Crippen molar-refractivity contribution < 1.29 is 0 Å². The maximum absolute atomic E-state index is 12.3. The first-order valence-electron chi connectivity index (χ1n) is 7.81. The van der Waals surface area contributed by atoms with Gasteiger partial charge in [0.1, 0.15) is 4.47 Å². The van der Waals surface area contributed by atoms with E-state index in [2.05, 4.69) is 54.0 Å². The third-order valence-corrected chi connectivity index (χ3v) is 4.85. The van der Waals surface area contributed by atoms with Gasteiger partial charge in [-0.15, -0.1) is 0 Å². The van der Waals surface area contributed by atoms with Gasteiger partial charge in [-0.1, -0.05) is 34.1 Å². The molecule has 1 unspecified atom stereocenters. The van der Waals surface area contributed by atoms with Crippen LogP contribution in [0.2, 0.25) is 0 Å². The zero-order valence-corrected chi connectivity index (χ0v) is 15.0. The average Bonchev–Trinajstić information content (AvgIpc) is 2.37. The lowest BCUT2D eigenvalue weighted by Gasteiger charge is -2.36. The molecular weight excluding hydrogens is 330 g/mol. The van der Waals surface area contributed by atoms with Gasteiger partial charge in [-0.2, -0.15) is 5.10 Å². The van der Waals surface area contributed by atoms with E-state index in [0.29, 0.717) is 28.4 Å². The summed E-state index contributed by atoms with van der Waals surface area (Å²) in [6.45, 7) is 9.44. The predicted octanol–water partition coefficient (Wildman–Crippen LogP) is 4.04. The quantitative estimate of drug-likeness (QED) is 0.886. The number of halogens is 1. The van der Waals surface area contributed by atoms with Crippen molar-refractivity contribution in [2.24, 2.45) is 11.3 Å². The van der Waals surface area contributed by atoms with Crippen molar-refractivity contribution in [3.63, 3.8) is 0 Å². The molecule has 1 atom stereocenters. The third-order valence-electron chi connectivity index (χ3n) is 4.09. The molecule has 5 heteroatoms. The van der Waals surface area contributed by atoms with Gasteiger partial charge in [-0.3, -0.25) is 4.79 Å². The first-order chi connectivity index (χ1) is 9.78. The van der Waals surface area contributed by atoms with Crippen molar-refractivity contribution in [2.75, 3.05) is 5.32 Å². The molecule has 1 saturated carbocycles. The summed E-state index contributed by atoms with van der Waals surface area (Å²) >= 11 is 3.44. The zero-order chi connectivity index (χ0) is 15.6. The second-order valence-electron chi connectivity index (χ2n) is 7.36. The number of rotatable bonds is 4. The second kappa shape index (κ2) is 6.51. The van der Waals surface area contributed by atoms with Crippen LogP contribution in [-0.2, 0) is 6.54 Å². The Morgan fingerprint density at radius 2 is 2.24 bits per heavy atom. The molecule has 0 spiro atoms. The molecule has 0 aliphatic heterocycles. The summed E-state index contributed by atoms with van der Waals surface area (Å²) in [5.41, 5.74) is 1.15. The van der Waals surface area contributed by atoms with Gasteiger partial charge in [0.2, 0.25) is 0 Å². The van der Waals surface area contributed by atoms with Crippen LogP contribution >= 0.6 is 15.9 Å². The summed E-state index contributed by atoms with van der Waals surface area (Å²) in [4.78, 5) is 12.3. The number of nitrogens with zero attached hydrogens (tertiary/aromatic N) is 2. The Bertz CT molecular complexity index is 551. The fourth-order valence-corrected chi connectivity index (χ4v) is 3.50. The number of hydrogen-bond donors (Lipinski definition) is 1. The highest BCUT2D eigenvalue weighted by Crippen LogP contribution is 2.36. The molecule has 1 heterocycles. The van der Waals surface area contributed by atoms with Crippen LogP contribution in [0.3, 0.4) is 0 Å². The molecule has 1 fully saturated rings. The molecule has 118 valence electrons. The van der Waals surface area contributed by atoms with Gasteiger partial charge in [-0.25, -0.2) is 4.68 Å². The van der Waals surface area contributed by atoms with Crippen LogP contribution in [0, 0.1) is 11.3 Å². The smallest absolute Gasteiger partial charge is 0.283 e. The van der Waals surface area contributed by atoms with E-state index in [-0.39, 0.29) is 5.56 Å². The molecule has 1 aromatic heterocycles. The summed E-state index contributed by atoms with van der Waals surface area (Å²) in [5, 5.41) is 7.80. The fraction of sp³-hybridized carbons (Fsp3) is 0.750. The van der Waals surface area contributed by atoms with Crippen molar-refractivity contribution in [3.05, 3.63) is 21.0 Å². The Morgan fingerprint density at radius 1 is 1.52 bits per heavy atom. The maximum atomic E-state index is 12.3. The normalized spacial score (nSPS) is 21.5. The number of aromatic nitrogens is 2. The minimum atomic E-state index is -0.0521. The zero-order valence-electron chi connectivity index (χ0n) is 13.4. The van der Waals surface area contributed by atoms with E-state index in [4.69, 9.17) is 0 Å². The lowest BCUT2D eigenvalue weighted by molar-refractivity contribution is 0.229. The standard InChI is InChI=1S/C16H26BrN3O/c1-11(2)10-20-15(21)14(17)13(9-18-20)19-12-6-5-7-16(3,4)8-12/h9,11-12,19H,5-8,10H2,1-4H3. The van der Waals surface area contributed by atoms with Crippen molar-refractivity contribution in [1.82, 2.24) is 9.78 Å². The van der Waals surface area contributed by atoms with Crippen molar-refractivity contribution in [2.45, 2.75) is 66.0 Å². The highest BCUT2D eigenvalue weighted by atomic mass is 79.9. The highest BCUT2D eigenvalue weighted by molar-refractivity contribution is 9.10. The number of anilines is 1. The third kappa shape index (κ3) is 4.31. The maximum Gasteiger partial charge on any atom is 0.283 e. The molecule has 1 aromatic rings. The van der Waals surface area contributed by atoms with Crippen LogP contribution in [0.4, 0.5) is 5.69 Å². The van der Waals surface area contributed by atoms with Crippen LogP contribution in [-0.4, -0.2) is 15.8 Å². The van der Waals surface area contributed by atoms with Gasteiger partial charge in [-0.05, 0) is 46.5 Å². The molecule has 0 bridgehead atoms. The monoisotopic (exact) mass is 355 g/mol. The molecule has 21 heavy (non-hydrogen) atoms. The van der Waals surface area contributed by atoms with Crippen LogP contribution in [0.5, 0.6) is 0 Å². The molecule has 1 aliphatic rings. The molecule has 0 radical (unpaired) electrons. The summed E-state index contributed by atoms with van der Waals surface area (Å²) in [6, 6.07) is 0.423. The Balaban J connectivity index is 2.14. The number of hydrogen-bond acceptors (Lipinski definition) is 3. The molecule has 1 N–H and O–H groups in total. The summed E-state index contributed by atoms with van der Waals surface area (Å²) in [5.74, 6) is 0.403. The van der Waals surface area contributed by atoms with Gasteiger partial charge in [0.25, 0.3) is 5.56 Å². The molecule has 0 saturated heterocycles. The van der Waals surface area contributed by atoms with Gasteiger partial charge < -0.3 is 5.32 Å². The van der Waals surface area contributed by atoms with Gasteiger partial charge in [0.05, 0.1) is 11.9 Å². The van der Waals surface area contributed by atoms with E-state index in [1.807, 2.05) is 0 Å². The molecular formula is C16H26BrN3O. The predicted molar refractivity (Wildman–Crippen MR) is 90.7 cm³/mol. The number of nitrogens with one attached hydrogen (secondary N) is 1. The lowest BCUT2D eigenvalue weighted by atomic mass is 9.75. The molecule has 0 amide bonds. The Labute approximate surface area is 135 Å². The van der Waals surface area contributed by atoms with Gasteiger partial charge in [0, 0.05) is 12.6 Å². The largest absolute Gasteiger partial charge is 0.380 e. The van der Waals surface area contributed by atoms with Crippen molar-refractivity contribution in [3.8, 4) is 0 Å². The van der Waals surface area contributed by atoms with Gasteiger partial charge >= 0.3 is 0 Å². The minimum Gasteiger partial charge on any atom is -0.380 e. The van der Waals surface area contributed by atoms with Crippen molar-refractivity contribution in [1.29, 1.82) is 0 Å². The topological polar surface area (TPSA) is 46.9 Å². The second-order valence-corrected chi connectivity index (χ2v) is 8.15. The van der Waals surface area contributed by atoms with E-state index >= 15 is 0 Å². The Hall–Kier alpha value is -0.840. The SMILES string of the molecule is CC(C)Cn1ncc(NC2CCCC(C)(C)C2)c(Br)c1=O. The van der Waals surface area contributed by atoms with Crippen LogP contribution in [0.15, 0.2) is 15.5 Å². The minimum absolute atomic E-state index is 0.0521. The summed E-state index contributed by atoms with van der Waals surface area (Å²) < 4.78 is 2.13. The van der Waals surface area contributed by atoms with E-state index in [0.717, 1.165) is 18.5 Å². The molecule has 2 rings (SSSR count). The highest BCUT2D eigenvalue weighted by Gasteiger charge is 2.28. The van der Waals surface area contributed by atoms with Gasteiger partial charge in [0.15, 0.2) is 0 Å². The van der Waals surface area contributed by atoms with E-state index < -0.39 is 0 Å². The first kappa shape index (κ1) is 16.5. The fourth-order valence-electron chi connectivity index (χ4n) is 3.08. The molecule has 4 nitrogen and oxygen atoms in total. The molecule has 1 aliphatic carbocycles. The van der Waals surface area contributed by atoms with Crippen molar-refractivity contribution >= 4 is 21.6 Å². The van der Waals surface area contributed by atoms with Crippen LogP contribution < -0.4 is 10.9 Å². The Kier molecular flexibility index (Phi) is 5.12. The van der Waals surface area contributed by atoms with E-state index in [1.165, 1.54) is 17.5 Å². The average molecular weight is 356 g/mol. The summed E-state index contributed by atoms with van der Waals surface area (Å²) in [7, 11) is 0. The van der Waals surface area contributed by atoms with E-state index in [9.17, 15) is 4.79 Å². The Morgan fingerprint density at radius 3 is 2.86 bits per heavy atom. The van der Waals surface area contributed by atoms with Crippen LogP contribution in [0.1, 0.15) is 53.4 Å². The first-order valence-corrected chi connectivity index (χ1v) is 8.60. The lowest BCUT2D eigenvalue weighted by Crippen LogP contribution is -2.33. The van der Waals surface area contributed by atoms with E-state index in [1.54, 1.807) is 6.20 Å².